The van der Waals surface area contributed by atoms with E-state index in [0.29, 0.717) is 25.4 Å². The van der Waals surface area contributed by atoms with Crippen LogP contribution in [0.2, 0.25) is 0 Å². The molecule has 1 heterocycles. The molecule has 126 valence electrons. The van der Waals surface area contributed by atoms with E-state index in [1.165, 1.54) is 0 Å². The van der Waals surface area contributed by atoms with Gasteiger partial charge in [-0.05, 0) is 17.9 Å². The topological polar surface area (TPSA) is 58.6 Å². The molecule has 23 heavy (non-hydrogen) atoms. The maximum Gasteiger partial charge on any atom is 0.248 e. The summed E-state index contributed by atoms with van der Waals surface area (Å²) in [6.07, 6.45) is 1.08. The molecule has 1 unspecified atom stereocenters. The normalized spacial score (nSPS) is 18.3. The molecule has 2 rings (SSSR count). The zero-order chi connectivity index (χ0) is 16.7. The largest absolute Gasteiger partial charge is 0.365 e. The Morgan fingerprint density at radius 1 is 1.35 bits per heavy atom. The van der Waals surface area contributed by atoms with Crippen molar-refractivity contribution in [2.24, 2.45) is 5.92 Å². The first-order valence-corrected chi connectivity index (χ1v) is 8.24. The van der Waals surface area contributed by atoms with Gasteiger partial charge in [-0.1, -0.05) is 44.2 Å². The lowest BCUT2D eigenvalue weighted by atomic mass is 10.1. The molecule has 0 spiro atoms. The van der Waals surface area contributed by atoms with E-state index in [1.54, 1.807) is 0 Å². The first kappa shape index (κ1) is 17.5. The Kier molecular flexibility index (Phi) is 6.59. The number of benzene rings is 1. The minimum atomic E-state index is -0.118. The molecule has 1 aromatic rings. The number of carbonyl (C=O) groups is 2. The maximum absolute atomic E-state index is 11.9. The second-order valence-corrected chi connectivity index (χ2v) is 6.42. The van der Waals surface area contributed by atoms with Crippen LogP contribution in [0.4, 0.5) is 0 Å². The molecular weight excluding hydrogens is 292 g/mol. The van der Waals surface area contributed by atoms with Gasteiger partial charge in [0.05, 0.1) is 6.10 Å². The Bertz CT molecular complexity index is 516. The van der Waals surface area contributed by atoms with Crippen LogP contribution in [0.5, 0.6) is 0 Å². The average molecular weight is 318 g/mol. The van der Waals surface area contributed by atoms with Gasteiger partial charge in [0, 0.05) is 26.1 Å². The van der Waals surface area contributed by atoms with Crippen LogP contribution in [0.15, 0.2) is 30.3 Å². The number of ether oxygens (including phenoxy) is 1. The number of nitrogens with zero attached hydrogens (tertiary/aromatic N) is 1. The van der Waals surface area contributed by atoms with E-state index in [9.17, 15) is 9.59 Å². The molecule has 5 heteroatoms. The van der Waals surface area contributed by atoms with E-state index in [2.05, 4.69) is 19.2 Å². The first-order valence-electron chi connectivity index (χ1n) is 8.24. The summed E-state index contributed by atoms with van der Waals surface area (Å²) in [6, 6.07) is 9.96. The van der Waals surface area contributed by atoms with Crippen molar-refractivity contribution in [3.8, 4) is 0 Å². The summed E-state index contributed by atoms with van der Waals surface area (Å²) in [4.78, 5) is 25.6. The highest BCUT2D eigenvalue weighted by Crippen LogP contribution is 2.09. The highest BCUT2D eigenvalue weighted by molar-refractivity contribution is 5.78. The van der Waals surface area contributed by atoms with E-state index >= 15 is 0 Å². The zero-order valence-corrected chi connectivity index (χ0v) is 14.0. The molecule has 1 saturated heterocycles. The summed E-state index contributed by atoms with van der Waals surface area (Å²) in [5.74, 6) is 0.480. The van der Waals surface area contributed by atoms with Gasteiger partial charge in [0.2, 0.25) is 11.8 Å². The van der Waals surface area contributed by atoms with E-state index in [4.69, 9.17) is 4.74 Å². The van der Waals surface area contributed by atoms with Crippen molar-refractivity contribution in [2.45, 2.75) is 32.8 Å². The second-order valence-electron chi connectivity index (χ2n) is 6.42. The predicted molar refractivity (Wildman–Crippen MR) is 88.9 cm³/mol. The van der Waals surface area contributed by atoms with Crippen LogP contribution in [0.3, 0.4) is 0 Å². The van der Waals surface area contributed by atoms with Crippen LogP contribution >= 0.6 is 0 Å². The Labute approximate surface area is 138 Å². The van der Waals surface area contributed by atoms with Gasteiger partial charge in [0.1, 0.15) is 6.61 Å². The van der Waals surface area contributed by atoms with E-state index in [-0.39, 0.29) is 24.5 Å². The minimum Gasteiger partial charge on any atom is -0.365 e. The van der Waals surface area contributed by atoms with Crippen LogP contribution in [-0.2, 0) is 20.7 Å². The number of amides is 2. The van der Waals surface area contributed by atoms with Gasteiger partial charge in [-0.3, -0.25) is 9.59 Å². The standard InChI is InChI=1S/C18H26N2O3/c1-14(2)11-20-12-16(23-13-18(20)22)10-19-17(21)9-8-15-6-4-3-5-7-15/h3-7,14,16H,8-13H2,1-2H3,(H,19,21). The molecule has 5 nitrogen and oxygen atoms in total. The lowest BCUT2D eigenvalue weighted by molar-refractivity contribution is -0.149. The third kappa shape index (κ3) is 6.02. The number of hydrogen-bond acceptors (Lipinski definition) is 3. The molecule has 2 amide bonds. The molecular formula is C18H26N2O3. The Morgan fingerprint density at radius 3 is 2.78 bits per heavy atom. The lowest BCUT2D eigenvalue weighted by Crippen LogP contribution is -2.51. The quantitative estimate of drug-likeness (QED) is 0.831. The summed E-state index contributed by atoms with van der Waals surface area (Å²) >= 11 is 0. The molecule has 1 aliphatic heterocycles. The lowest BCUT2D eigenvalue weighted by Gasteiger charge is -2.33. The number of carbonyl (C=O) groups excluding carboxylic acids is 2. The number of aryl methyl sites for hydroxylation is 1. The molecule has 1 aliphatic rings. The Hall–Kier alpha value is -1.88. The average Bonchev–Trinajstić information content (AvgIpc) is 2.54. The van der Waals surface area contributed by atoms with Crippen molar-refractivity contribution in [3.05, 3.63) is 35.9 Å². The van der Waals surface area contributed by atoms with Gasteiger partial charge in [-0.15, -0.1) is 0 Å². The number of hydrogen-bond donors (Lipinski definition) is 1. The summed E-state index contributed by atoms with van der Waals surface area (Å²) < 4.78 is 5.51. The van der Waals surface area contributed by atoms with E-state index in [0.717, 1.165) is 18.5 Å². The van der Waals surface area contributed by atoms with Gasteiger partial charge in [0.25, 0.3) is 0 Å². The smallest absolute Gasteiger partial charge is 0.248 e. The number of morpholine rings is 1. The maximum atomic E-state index is 11.9. The SMILES string of the molecule is CC(C)CN1CC(CNC(=O)CCc2ccccc2)OCC1=O. The summed E-state index contributed by atoms with van der Waals surface area (Å²) in [6.45, 7) is 6.02. The molecule has 0 radical (unpaired) electrons. The Morgan fingerprint density at radius 2 is 2.09 bits per heavy atom. The third-order valence-electron chi connectivity index (χ3n) is 3.82. The van der Waals surface area contributed by atoms with Crippen molar-refractivity contribution in [2.75, 3.05) is 26.2 Å². The second kappa shape index (κ2) is 8.67. The van der Waals surface area contributed by atoms with Crippen LogP contribution in [-0.4, -0.2) is 49.1 Å². The molecule has 1 fully saturated rings. The predicted octanol–water partition coefficient (Wildman–Crippen LogP) is 1.62. The molecule has 1 atom stereocenters. The van der Waals surface area contributed by atoms with Gasteiger partial charge < -0.3 is 15.0 Å². The first-order chi connectivity index (χ1) is 11.0. The van der Waals surface area contributed by atoms with Gasteiger partial charge in [0.15, 0.2) is 0 Å². The number of rotatable bonds is 7. The monoisotopic (exact) mass is 318 g/mol. The van der Waals surface area contributed by atoms with E-state index in [1.807, 2.05) is 35.2 Å². The van der Waals surface area contributed by atoms with Gasteiger partial charge in [-0.2, -0.15) is 0 Å². The third-order valence-corrected chi connectivity index (χ3v) is 3.82. The van der Waals surface area contributed by atoms with Crippen molar-refractivity contribution < 1.29 is 14.3 Å². The molecule has 1 aromatic carbocycles. The molecule has 0 bridgehead atoms. The Balaban J connectivity index is 1.70. The molecule has 0 aromatic heterocycles. The van der Waals surface area contributed by atoms with Crippen molar-refractivity contribution in [1.29, 1.82) is 0 Å². The highest BCUT2D eigenvalue weighted by Gasteiger charge is 2.26. The fraction of sp³-hybridized carbons (Fsp3) is 0.556. The summed E-state index contributed by atoms with van der Waals surface area (Å²) in [5.41, 5.74) is 1.16. The minimum absolute atomic E-state index is 0.0183. The fourth-order valence-electron chi connectivity index (χ4n) is 2.64. The van der Waals surface area contributed by atoms with Crippen LogP contribution in [0, 0.1) is 5.92 Å². The fourth-order valence-corrected chi connectivity index (χ4v) is 2.64. The van der Waals surface area contributed by atoms with Crippen LogP contribution < -0.4 is 5.32 Å². The summed E-state index contributed by atoms with van der Waals surface area (Å²) in [5, 5.41) is 2.91. The van der Waals surface area contributed by atoms with Crippen molar-refractivity contribution in [3.63, 3.8) is 0 Å². The number of nitrogens with one attached hydrogen (secondary N) is 1. The summed E-state index contributed by atoms with van der Waals surface area (Å²) in [7, 11) is 0. The van der Waals surface area contributed by atoms with Gasteiger partial charge >= 0.3 is 0 Å². The zero-order valence-electron chi connectivity index (χ0n) is 14.0. The molecule has 0 aliphatic carbocycles. The van der Waals surface area contributed by atoms with Crippen LogP contribution in [0.1, 0.15) is 25.8 Å². The highest BCUT2D eigenvalue weighted by atomic mass is 16.5. The molecule has 0 saturated carbocycles. The van der Waals surface area contributed by atoms with Crippen LogP contribution in [0.25, 0.3) is 0 Å². The van der Waals surface area contributed by atoms with E-state index < -0.39 is 0 Å². The molecule has 1 N–H and O–H groups in total. The van der Waals surface area contributed by atoms with Gasteiger partial charge in [-0.25, -0.2) is 0 Å². The van der Waals surface area contributed by atoms with Crippen molar-refractivity contribution in [1.82, 2.24) is 10.2 Å². The van der Waals surface area contributed by atoms with Crippen molar-refractivity contribution >= 4 is 11.8 Å².